The van der Waals surface area contributed by atoms with E-state index in [9.17, 15) is 9.59 Å². The molecule has 1 aromatic carbocycles. The number of hydrogen-bond donors (Lipinski definition) is 1. The molecule has 1 aliphatic heterocycles. The number of ketones is 1. The predicted octanol–water partition coefficient (Wildman–Crippen LogP) is 2.01. The summed E-state index contributed by atoms with van der Waals surface area (Å²) in [5.74, 6) is 0.475. The lowest BCUT2D eigenvalue weighted by atomic mass is 10.1. The molecular formula is C19H28N2O4. The van der Waals surface area contributed by atoms with Gasteiger partial charge in [-0.15, -0.1) is 0 Å². The Bertz CT molecular complexity index is 583. The Morgan fingerprint density at radius 1 is 1.32 bits per heavy atom. The van der Waals surface area contributed by atoms with E-state index in [1.165, 1.54) is 6.92 Å². The number of piperidine rings is 1. The van der Waals surface area contributed by atoms with Crippen LogP contribution in [0.3, 0.4) is 0 Å². The first-order chi connectivity index (χ1) is 12.0. The number of carbonyl (C=O) groups excluding carboxylic acids is 2. The maximum Gasteiger partial charge on any atom is 0.263 e. The maximum atomic E-state index is 12.6. The summed E-state index contributed by atoms with van der Waals surface area (Å²) in [5.41, 5.74) is 6.04. The van der Waals surface area contributed by atoms with Gasteiger partial charge in [0.2, 0.25) is 0 Å². The van der Waals surface area contributed by atoms with Crippen molar-refractivity contribution in [2.45, 2.75) is 45.3 Å². The summed E-state index contributed by atoms with van der Waals surface area (Å²) in [6.07, 6.45) is 2.16. The maximum absolute atomic E-state index is 12.6. The average Bonchev–Trinajstić information content (AvgIpc) is 2.62. The zero-order valence-electron chi connectivity index (χ0n) is 15.1. The van der Waals surface area contributed by atoms with Crippen molar-refractivity contribution in [1.29, 1.82) is 0 Å². The van der Waals surface area contributed by atoms with E-state index in [-0.39, 0.29) is 17.8 Å². The van der Waals surface area contributed by atoms with Crippen LogP contribution in [0.15, 0.2) is 24.3 Å². The number of benzene rings is 1. The van der Waals surface area contributed by atoms with Crippen LogP contribution in [0.5, 0.6) is 5.75 Å². The Labute approximate surface area is 149 Å². The predicted molar refractivity (Wildman–Crippen MR) is 95.8 cm³/mol. The smallest absolute Gasteiger partial charge is 0.263 e. The molecule has 0 aliphatic carbocycles. The second-order valence-electron chi connectivity index (χ2n) is 6.38. The summed E-state index contributed by atoms with van der Waals surface area (Å²) in [6, 6.07) is 6.92. The van der Waals surface area contributed by atoms with Crippen molar-refractivity contribution in [2.75, 3.05) is 26.2 Å². The SMILES string of the molecule is CC(=O)c1cccc(OC(C)C(=O)N2CCC(OCCCN)CC2)c1. The van der Waals surface area contributed by atoms with Gasteiger partial charge in [0.1, 0.15) is 5.75 Å². The van der Waals surface area contributed by atoms with Gasteiger partial charge in [-0.05, 0) is 51.8 Å². The second-order valence-corrected chi connectivity index (χ2v) is 6.38. The molecule has 1 fully saturated rings. The van der Waals surface area contributed by atoms with E-state index in [0.717, 1.165) is 19.3 Å². The first-order valence-electron chi connectivity index (χ1n) is 8.89. The van der Waals surface area contributed by atoms with Crippen molar-refractivity contribution in [3.8, 4) is 5.75 Å². The van der Waals surface area contributed by atoms with Crippen molar-refractivity contribution in [3.05, 3.63) is 29.8 Å². The molecule has 1 unspecified atom stereocenters. The number of nitrogens with two attached hydrogens (primary N) is 1. The fourth-order valence-electron chi connectivity index (χ4n) is 2.88. The summed E-state index contributed by atoms with van der Waals surface area (Å²) in [6.45, 7) is 5.92. The van der Waals surface area contributed by atoms with E-state index >= 15 is 0 Å². The average molecular weight is 348 g/mol. The summed E-state index contributed by atoms with van der Waals surface area (Å²) < 4.78 is 11.5. The van der Waals surface area contributed by atoms with Gasteiger partial charge in [-0.3, -0.25) is 9.59 Å². The van der Waals surface area contributed by atoms with Gasteiger partial charge >= 0.3 is 0 Å². The lowest BCUT2D eigenvalue weighted by Crippen LogP contribution is -2.46. The molecule has 0 radical (unpaired) electrons. The second kappa shape index (κ2) is 9.53. The van der Waals surface area contributed by atoms with Crippen LogP contribution in [-0.4, -0.2) is 55.0 Å². The molecule has 25 heavy (non-hydrogen) atoms. The molecule has 1 saturated heterocycles. The Morgan fingerprint density at radius 3 is 2.68 bits per heavy atom. The molecule has 1 aliphatic rings. The van der Waals surface area contributed by atoms with Gasteiger partial charge in [0, 0.05) is 25.3 Å². The minimum Gasteiger partial charge on any atom is -0.481 e. The molecule has 1 aromatic rings. The standard InChI is InChI=1S/C19H28N2O4/c1-14(22)16-5-3-6-18(13-16)25-15(2)19(23)21-10-7-17(8-11-21)24-12-4-9-20/h3,5-6,13,15,17H,4,7-12,20H2,1-2H3. The number of hydrogen-bond acceptors (Lipinski definition) is 5. The summed E-state index contributed by atoms with van der Waals surface area (Å²) in [4.78, 5) is 25.8. The van der Waals surface area contributed by atoms with Gasteiger partial charge in [-0.1, -0.05) is 12.1 Å². The normalized spacial score (nSPS) is 16.5. The van der Waals surface area contributed by atoms with Crippen molar-refractivity contribution >= 4 is 11.7 Å². The Balaban J connectivity index is 1.82. The van der Waals surface area contributed by atoms with Crippen LogP contribution in [0.25, 0.3) is 0 Å². The molecule has 0 aromatic heterocycles. The van der Waals surface area contributed by atoms with Crippen LogP contribution < -0.4 is 10.5 Å². The Hall–Kier alpha value is -1.92. The highest BCUT2D eigenvalue weighted by Gasteiger charge is 2.27. The van der Waals surface area contributed by atoms with Gasteiger partial charge < -0.3 is 20.1 Å². The van der Waals surface area contributed by atoms with Crippen LogP contribution in [-0.2, 0) is 9.53 Å². The molecule has 1 heterocycles. The zero-order chi connectivity index (χ0) is 18.2. The van der Waals surface area contributed by atoms with Gasteiger partial charge in [0.15, 0.2) is 11.9 Å². The highest BCUT2D eigenvalue weighted by Crippen LogP contribution is 2.19. The molecule has 2 rings (SSSR count). The van der Waals surface area contributed by atoms with Gasteiger partial charge in [-0.2, -0.15) is 0 Å². The number of nitrogens with zero attached hydrogens (tertiary/aromatic N) is 1. The molecule has 6 nitrogen and oxygen atoms in total. The zero-order valence-corrected chi connectivity index (χ0v) is 15.1. The lowest BCUT2D eigenvalue weighted by molar-refractivity contribution is -0.140. The van der Waals surface area contributed by atoms with Crippen LogP contribution in [0.4, 0.5) is 0 Å². The van der Waals surface area contributed by atoms with Gasteiger partial charge in [-0.25, -0.2) is 0 Å². The fraction of sp³-hybridized carbons (Fsp3) is 0.579. The van der Waals surface area contributed by atoms with E-state index in [1.807, 2.05) is 4.90 Å². The van der Waals surface area contributed by atoms with Crippen molar-refractivity contribution in [1.82, 2.24) is 4.90 Å². The van der Waals surface area contributed by atoms with Crippen LogP contribution in [0.1, 0.15) is 43.5 Å². The third-order valence-corrected chi connectivity index (χ3v) is 4.36. The van der Waals surface area contributed by atoms with Gasteiger partial charge in [0.05, 0.1) is 6.10 Å². The first kappa shape index (κ1) is 19.4. The van der Waals surface area contributed by atoms with E-state index in [1.54, 1.807) is 31.2 Å². The third kappa shape index (κ3) is 5.83. The largest absolute Gasteiger partial charge is 0.481 e. The number of rotatable bonds is 8. The van der Waals surface area contributed by atoms with Crippen LogP contribution >= 0.6 is 0 Å². The quantitative estimate of drug-likeness (QED) is 0.574. The summed E-state index contributed by atoms with van der Waals surface area (Å²) >= 11 is 0. The monoisotopic (exact) mass is 348 g/mol. The van der Waals surface area contributed by atoms with Crippen molar-refractivity contribution in [3.63, 3.8) is 0 Å². The molecule has 138 valence electrons. The summed E-state index contributed by atoms with van der Waals surface area (Å²) in [7, 11) is 0. The number of likely N-dealkylation sites (tertiary alicyclic amines) is 1. The molecule has 0 spiro atoms. The molecule has 1 amide bonds. The molecule has 1 atom stereocenters. The highest BCUT2D eigenvalue weighted by molar-refractivity contribution is 5.94. The lowest BCUT2D eigenvalue weighted by Gasteiger charge is -2.33. The minimum atomic E-state index is -0.586. The topological polar surface area (TPSA) is 81.9 Å². The Kier molecular flexibility index (Phi) is 7.40. The molecular weight excluding hydrogens is 320 g/mol. The minimum absolute atomic E-state index is 0.0267. The molecule has 2 N–H and O–H groups in total. The van der Waals surface area contributed by atoms with Crippen molar-refractivity contribution in [2.24, 2.45) is 5.73 Å². The number of amides is 1. The first-order valence-corrected chi connectivity index (χ1v) is 8.89. The van der Waals surface area contributed by atoms with E-state index in [0.29, 0.717) is 37.6 Å². The molecule has 6 heteroatoms. The van der Waals surface area contributed by atoms with E-state index in [4.69, 9.17) is 15.2 Å². The van der Waals surface area contributed by atoms with Gasteiger partial charge in [0.25, 0.3) is 5.91 Å². The number of carbonyl (C=O) groups is 2. The van der Waals surface area contributed by atoms with Crippen LogP contribution in [0, 0.1) is 0 Å². The Morgan fingerprint density at radius 2 is 2.04 bits per heavy atom. The molecule has 0 bridgehead atoms. The number of ether oxygens (including phenoxy) is 2. The molecule has 0 saturated carbocycles. The third-order valence-electron chi connectivity index (χ3n) is 4.36. The van der Waals surface area contributed by atoms with Crippen LogP contribution in [0.2, 0.25) is 0 Å². The summed E-state index contributed by atoms with van der Waals surface area (Å²) in [5, 5.41) is 0. The van der Waals surface area contributed by atoms with E-state index in [2.05, 4.69) is 0 Å². The highest BCUT2D eigenvalue weighted by atomic mass is 16.5. The number of Topliss-reactive ketones (excluding diaryl/α,β-unsaturated/α-hetero) is 1. The fourth-order valence-corrected chi connectivity index (χ4v) is 2.88. The van der Waals surface area contributed by atoms with Crippen molar-refractivity contribution < 1.29 is 19.1 Å². The van der Waals surface area contributed by atoms with E-state index < -0.39 is 6.10 Å².